The molecule has 1 fully saturated rings. The molecule has 0 spiro atoms. The van der Waals surface area contributed by atoms with E-state index in [-0.39, 0.29) is 0 Å². The summed E-state index contributed by atoms with van der Waals surface area (Å²) in [5.41, 5.74) is 0. The van der Waals surface area contributed by atoms with Gasteiger partial charge in [-0.1, -0.05) is 12.8 Å². The zero-order valence-electron chi connectivity index (χ0n) is 10.00. The minimum absolute atomic E-state index is 0.547. The van der Waals surface area contributed by atoms with Crippen molar-refractivity contribution >= 4 is 11.3 Å². The third kappa shape index (κ3) is 3.89. The van der Waals surface area contributed by atoms with Gasteiger partial charge in [-0.3, -0.25) is 0 Å². The molecule has 0 radical (unpaired) electrons. The highest BCUT2D eigenvalue weighted by molar-refractivity contribution is 7.11. The molecule has 2 rings (SSSR count). The Hall–Kier alpha value is -0.380. The van der Waals surface area contributed by atoms with E-state index >= 15 is 0 Å². The highest BCUT2D eigenvalue weighted by atomic mass is 32.1. The summed E-state index contributed by atoms with van der Waals surface area (Å²) in [4.78, 5) is 2.80. The second kappa shape index (κ2) is 6.38. The van der Waals surface area contributed by atoms with Crippen molar-refractivity contribution in [2.24, 2.45) is 0 Å². The molecule has 1 heterocycles. The molecule has 0 bridgehead atoms. The standard InChI is InChI=1S/C13H21NOS/c1-11-6-7-13(16-11)10-14-8-9-15-12-4-2-3-5-12/h6-7,12,14H,2-5,8-10H2,1H3. The lowest BCUT2D eigenvalue weighted by Crippen LogP contribution is -2.21. The van der Waals surface area contributed by atoms with Crippen LogP contribution >= 0.6 is 11.3 Å². The van der Waals surface area contributed by atoms with Crippen LogP contribution in [0.25, 0.3) is 0 Å². The van der Waals surface area contributed by atoms with E-state index in [0.717, 1.165) is 19.7 Å². The molecule has 3 heteroatoms. The molecule has 0 unspecified atom stereocenters. The van der Waals surface area contributed by atoms with Crippen molar-refractivity contribution in [3.8, 4) is 0 Å². The first-order chi connectivity index (χ1) is 7.84. The first-order valence-corrected chi connectivity index (χ1v) is 7.04. The summed E-state index contributed by atoms with van der Waals surface area (Å²) < 4.78 is 5.79. The first kappa shape index (κ1) is 12.1. The van der Waals surface area contributed by atoms with E-state index in [1.54, 1.807) is 0 Å². The van der Waals surface area contributed by atoms with Crippen LogP contribution in [0.3, 0.4) is 0 Å². The maximum Gasteiger partial charge on any atom is 0.0594 e. The Morgan fingerprint density at radius 2 is 2.19 bits per heavy atom. The maximum atomic E-state index is 5.79. The van der Waals surface area contributed by atoms with Crippen LogP contribution in [0.15, 0.2) is 12.1 Å². The summed E-state index contributed by atoms with van der Waals surface area (Å²) in [6.07, 6.45) is 5.79. The van der Waals surface area contributed by atoms with Gasteiger partial charge in [-0.25, -0.2) is 0 Å². The van der Waals surface area contributed by atoms with Crippen molar-refractivity contribution in [3.63, 3.8) is 0 Å². The summed E-state index contributed by atoms with van der Waals surface area (Å²) in [5.74, 6) is 0. The lowest BCUT2D eigenvalue weighted by atomic mass is 10.3. The van der Waals surface area contributed by atoms with Crippen molar-refractivity contribution in [1.29, 1.82) is 0 Å². The molecule has 0 aliphatic heterocycles. The van der Waals surface area contributed by atoms with Crippen LogP contribution in [0.2, 0.25) is 0 Å². The van der Waals surface area contributed by atoms with Crippen molar-refractivity contribution < 1.29 is 4.74 Å². The lowest BCUT2D eigenvalue weighted by molar-refractivity contribution is 0.0603. The smallest absolute Gasteiger partial charge is 0.0594 e. The molecule has 1 aliphatic rings. The molecule has 16 heavy (non-hydrogen) atoms. The fourth-order valence-corrected chi connectivity index (χ4v) is 3.00. The molecule has 0 amide bonds. The molecule has 0 aromatic carbocycles. The molecule has 2 nitrogen and oxygen atoms in total. The van der Waals surface area contributed by atoms with Gasteiger partial charge in [0.1, 0.15) is 0 Å². The topological polar surface area (TPSA) is 21.3 Å². The second-order valence-corrected chi connectivity index (χ2v) is 5.84. The monoisotopic (exact) mass is 239 g/mol. The van der Waals surface area contributed by atoms with Gasteiger partial charge in [-0.2, -0.15) is 0 Å². The van der Waals surface area contributed by atoms with Crippen molar-refractivity contribution in [3.05, 3.63) is 21.9 Å². The number of thiophene rings is 1. The Labute approximate surface area is 102 Å². The molecule has 1 aromatic rings. The van der Waals surface area contributed by atoms with Gasteiger partial charge >= 0.3 is 0 Å². The van der Waals surface area contributed by atoms with E-state index in [1.165, 1.54) is 35.4 Å². The van der Waals surface area contributed by atoms with Crippen molar-refractivity contribution in [1.82, 2.24) is 5.32 Å². The van der Waals surface area contributed by atoms with Crippen molar-refractivity contribution in [2.45, 2.75) is 45.3 Å². The molecular formula is C13H21NOS. The van der Waals surface area contributed by atoms with Crippen molar-refractivity contribution in [2.75, 3.05) is 13.2 Å². The predicted molar refractivity (Wildman–Crippen MR) is 69.0 cm³/mol. The lowest BCUT2D eigenvalue weighted by Gasteiger charge is -2.10. The quantitative estimate of drug-likeness (QED) is 0.770. The third-order valence-electron chi connectivity index (χ3n) is 3.03. The Morgan fingerprint density at radius 1 is 1.38 bits per heavy atom. The summed E-state index contributed by atoms with van der Waals surface area (Å²) in [6, 6.07) is 4.38. The number of aryl methyl sites for hydroxylation is 1. The van der Waals surface area contributed by atoms with E-state index in [1.807, 2.05) is 11.3 Å². The molecule has 1 saturated carbocycles. The van der Waals surface area contributed by atoms with Crippen LogP contribution in [0.5, 0.6) is 0 Å². The Balaban J connectivity index is 1.51. The number of rotatable bonds is 6. The average molecular weight is 239 g/mol. The van der Waals surface area contributed by atoms with E-state index in [2.05, 4.69) is 24.4 Å². The molecule has 1 aromatic heterocycles. The molecule has 90 valence electrons. The second-order valence-electron chi connectivity index (χ2n) is 4.47. The Morgan fingerprint density at radius 3 is 2.88 bits per heavy atom. The zero-order valence-corrected chi connectivity index (χ0v) is 10.8. The van der Waals surface area contributed by atoms with Gasteiger partial charge in [-0.15, -0.1) is 11.3 Å². The Bertz CT molecular complexity index is 305. The van der Waals surface area contributed by atoms with Gasteiger partial charge in [0.05, 0.1) is 12.7 Å². The maximum absolute atomic E-state index is 5.79. The largest absolute Gasteiger partial charge is 0.377 e. The van der Waals surface area contributed by atoms with Gasteiger partial charge in [0.25, 0.3) is 0 Å². The predicted octanol–water partition coefficient (Wildman–Crippen LogP) is 3.11. The minimum Gasteiger partial charge on any atom is -0.377 e. The van der Waals surface area contributed by atoms with E-state index in [0.29, 0.717) is 6.10 Å². The number of ether oxygens (including phenoxy) is 1. The SMILES string of the molecule is Cc1ccc(CNCCOC2CCCC2)s1. The summed E-state index contributed by atoms with van der Waals surface area (Å²) in [6.45, 7) is 4.95. The number of hydrogen-bond donors (Lipinski definition) is 1. The van der Waals surface area contributed by atoms with Crippen LogP contribution in [-0.2, 0) is 11.3 Å². The van der Waals surface area contributed by atoms with Gasteiger partial charge in [-0.05, 0) is 31.9 Å². The van der Waals surface area contributed by atoms with Gasteiger partial charge in [0.15, 0.2) is 0 Å². The van der Waals surface area contributed by atoms with Crippen LogP contribution in [0, 0.1) is 6.92 Å². The highest BCUT2D eigenvalue weighted by Crippen LogP contribution is 2.20. The highest BCUT2D eigenvalue weighted by Gasteiger charge is 2.14. The normalized spacial score (nSPS) is 17.1. The molecule has 1 N–H and O–H groups in total. The summed E-state index contributed by atoms with van der Waals surface area (Å²) in [5, 5.41) is 3.42. The average Bonchev–Trinajstić information content (AvgIpc) is 2.89. The van der Waals surface area contributed by atoms with E-state index in [4.69, 9.17) is 4.74 Å². The third-order valence-corrected chi connectivity index (χ3v) is 4.03. The Kier molecular flexibility index (Phi) is 4.82. The van der Waals surface area contributed by atoms with Crippen LogP contribution < -0.4 is 5.32 Å². The van der Waals surface area contributed by atoms with Gasteiger partial charge in [0.2, 0.25) is 0 Å². The van der Waals surface area contributed by atoms with Crippen LogP contribution in [0.4, 0.5) is 0 Å². The molecule has 0 atom stereocenters. The van der Waals surface area contributed by atoms with E-state index in [9.17, 15) is 0 Å². The van der Waals surface area contributed by atoms with Gasteiger partial charge in [0, 0.05) is 22.8 Å². The number of hydrogen-bond acceptors (Lipinski definition) is 3. The fraction of sp³-hybridized carbons (Fsp3) is 0.692. The summed E-state index contributed by atoms with van der Waals surface area (Å²) in [7, 11) is 0. The van der Waals surface area contributed by atoms with E-state index < -0.39 is 0 Å². The number of nitrogens with one attached hydrogen (secondary N) is 1. The van der Waals surface area contributed by atoms with Crippen LogP contribution in [0.1, 0.15) is 35.4 Å². The van der Waals surface area contributed by atoms with Gasteiger partial charge < -0.3 is 10.1 Å². The first-order valence-electron chi connectivity index (χ1n) is 6.22. The summed E-state index contributed by atoms with van der Waals surface area (Å²) >= 11 is 1.87. The molecule has 1 aliphatic carbocycles. The van der Waals surface area contributed by atoms with Crippen LogP contribution in [-0.4, -0.2) is 19.3 Å². The fourth-order valence-electron chi connectivity index (χ4n) is 2.14. The molecular weight excluding hydrogens is 218 g/mol. The minimum atomic E-state index is 0.547. The zero-order chi connectivity index (χ0) is 11.2. The molecule has 0 saturated heterocycles.